The van der Waals surface area contributed by atoms with Crippen LogP contribution in [-0.2, 0) is 11.2 Å². The Kier molecular flexibility index (Phi) is 7.28. The number of carbonyl (C=O) groups is 2. The van der Waals surface area contributed by atoms with Gasteiger partial charge in [-0.1, -0.05) is 43.8 Å². The van der Waals surface area contributed by atoms with Gasteiger partial charge in [-0.25, -0.2) is 4.98 Å². The summed E-state index contributed by atoms with van der Waals surface area (Å²) in [4.78, 5) is 29.9. The van der Waals surface area contributed by atoms with E-state index in [9.17, 15) is 9.59 Å². The number of hydrogen-bond donors (Lipinski definition) is 1. The van der Waals surface area contributed by atoms with E-state index in [2.05, 4.69) is 40.8 Å². The molecule has 0 aliphatic carbocycles. The molecule has 1 aromatic carbocycles. The molecule has 29 heavy (non-hydrogen) atoms. The van der Waals surface area contributed by atoms with Crippen molar-refractivity contribution in [3.63, 3.8) is 0 Å². The van der Waals surface area contributed by atoms with Crippen molar-refractivity contribution in [2.45, 2.75) is 38.3 Å². The minimum atomic E-state index is -0.0381. The average molecular weight is 428 g/mol. The maximum Gasteiger partial charge on any atom is 0.216 e. The molecule has 1 N–H and O–H groups in total. The van der Waals surface area contributed by atoms with E-state index in [1.165, 1.54) is 35.6 Å². The van der Waals surface area contributed by atoms with Crippen LogP contribution in [0.4, 0.5) is 0 Å². The standard InChI is InChI=1S/C22H25N3O2S2/c1-15(2)18-6-4-5-7-19(18)25-13-12-24-22(25)28-14-20(27)21-9-8-17(29-21)10-11-23-16(3)26/h4-9,12-13,15H,10-11,14H2,1-3H3,(H,23,26). The van der Waals surface area contributed by atoms with Crippen LogP contribution in [0.25, 0.3) is 5.69 Å². The van der Waals surface area contributed by atoms with Gasteiger partial charge in [0.25, 0.3) is 0 Å². The lowest BCUT2D eigenvalue weighted by molar-refractivity contribution is -0.118. The third-order valence-electron chi connectivity index (χ3n) is 4.44. The van der Waals surface area contributed by atoms with Gasteiger partial charge in [-0.2, -0.15) is 0 Å². The summed E-state index contributed by atoms with van der Waals surface area (Å²) in [5.74, 6) is 0.795. The fourth-order valence-corrected chi connectivity index (χ4v) is 4.89. The van der Waals surface area contributed by atoms with Gasteiger partial charge in [-0.3, -0.25) is 14.2 Å². The van der Waals surface area contributed by atoms with E-state index in [0.717, 1.165) is 27.0 Å². The number of para-hydroxylation sites is 1. The highest BCUT2D eigenvalue weighted by Gasteiger charge is 2.15. The number of benzene rings is 1. The molecular formula is C22H25N3O2S2. The Labute approximate surface area is 179 Å². The van der Waals surface area contributed by atoms with Gasteiger partial charge in [0, 0.05) is 30.7 Å². The summed E-state index contributed by atoms with van der Waals surface area (Å²) in [6, 6.07) is 12.1. The lowest BCUT2D eigenvalue weighted by Crippen LogP contribution is -2.22. The second-order valence-electron chi connectivity index (χ2n) is 7.00. The summed E-state index contributed by atoms with van der Waals surface area (Å²) >= 11 is 2.95. The number of thiophene rings is 1. The predicted octanol–water partition coefficient (Wildman–Crippen LogP) is 4.71. The third kappa shape index (κ3) is 5.58. The Morgan fingerprint density at radius 2 is 2.00 bits per heavy atom. The molecule has 0 unspecified atom stereocenters. The number of Topliss-reactive ketones (excluding diaryl/α,β-unsaturated/α-hetero) is 1. The minimum Gasteiger partial charge on any atom is -0.356 e. The first-order valence-corrected chi connectivity index (χ1v) is 11.4. The zero-order valence-corrected chi connectivity index (χ0v) is 18.5. The second kappa shape index (κ2) is 9.89. The molecule has 0 aliphatic rings. The number of hydrogen-bond acceptors (Lipinski definition) is 5. The summed E-state index contributed by atoms with van der Waals surface area (Å²) < 4.78 is 2.06. The highest BCUT2D eigenvalue weighted by Crippen LogP contribution is 2.28. The number of rotatable bonds is 9. The van der Waals surface area contributed by atoms with E-state index in [0.29, 0.717) is 18.2 Å². The van der Waals surface area contributed by atoms with E-state index < -0.39 is 0 Å². The fraction of sp³-hybridized carbons (Fsp3) is 0.318. The summed E-state index contributed by atoms with van der Waals surface area (Å²) in [6.45, 7) is 6.44. The fourth-order valence-electron chi connectivity index (χ4n) is 3.00. The molecule has 3 rings (SSSR count). The Bertz CT molecular complexity index is 991. The maximum atomic E-state index is 12.6. The van der Waals surface area contributed by atoms with Crippen molar-refractivity contribution in [1.29, 1.82) is 0 Å². The first-order chi connectivity index (χ1) is 14.0. The van der Waals surface area contributed by atoms with Crippen molar-refractivity contribution in [3.05, 3.63) is 64.1 Å². The highest BCUT2D eigenvalue weighted by molar-refractivity contribution is 7.99. The molecular weight excluding hydrogens is 402 g/mol. The van der Waals surface area contributed by atoms with Crippen LogP contribution >= 0.6 is 23.1 Å². The molecule has 0 fully saturated rings. The van der Waals surface area contributed by atoms with E-state index in [1.807, 2.05) is 30.5 Å². The number of imidazole rings is 1. The van der Waals surface area contributed by atoms with E-state index in [4.69, 9.17) is 0 Å². The molecule has 5 nitrogen and oxygen atoms in total. The molecule has 1 amide bonds. The summed E-state index contributed by atoms with van der Waals surface area (Å²) in [5.41, 5.74) is 2.35. The quantitative estimate of drug-likeness (QED) is 0.397. The van der Waals surface area contributed by atoms with Gasteiger partial charge in [0.1, 0.15) is 0 Å². The van der Waals surface area contributed by atoms with Crippen LogP contribution < -0.4 is 5.32 Å². The molecule has 0 bridgehead atoms. The van der Waals surface area contributed by atoms with Gasteiger partial charge in [-0.15, -0.1) is 11.3 Å². The molecule has 0 atom stereocenters. The molecule has 3 aromatic rings. The van der Waals surface area contributed by atoms with Crippen molar-refractivity contribution in [2.24, 2.45) is 0 Å². The largest absolute Gasteiger partial charge is 0.356 e. The minimum absolute atomic E-state index is 0.0381. The topological polar surface area (TPSA) is 64.0 Å². The zero-order valence-electron chi connectivity index (χ0n) is 16.8. The van der Waals surface area contributed by atoms with Crippen LogP contribution in [0, 0.1) is 0 Å². The molecule has 0 aliphatic heterocycles. The van der Waals surface area contributed by atoms with Gasteiger partial charge >= 0.3 is 0 Å². The Hall–Kier alpha value is -2.38. The number of carbonyl (C=O) groups excluding carboxylic acids is 2. The van der Waals surface area contributed by atoms with Crippen molar-refractivity contribution < 1.29 is 9.59 Å². The van der Waals surface area contributed by atoms with Crippen LogP contribution in [0.3, 0.4) is 0 Å². The van der Waals surface area contributed by atoms with E-state index in [-0.39, 0.29) is 11.7 Å². The lowest BCUT2D eigenvalue weighted by Gasteiger charge is -2.15. The molecule has 0 radical (unpaired) electrons. The molecule has 2 heterocycles. The van der Waals surface area contributed by atoms with Crippen molar-refractivity contribution in [1.82, 2.24) is 14.9 Å². The van der Waals surface area contributed by atoms with Crippen molar-refractivity contribution >= 4 is 34.8 Å². The number of ketones is 1. The predicted molar refractivity (Wildman–Crippen MR) is 119 cm³/mol. The Morgan fingerprint density at radius 1 is 1.21 bits per heavy atom. The van der Waals surface area contributed by atoms with Gasteiger partial charge in [-0.05, 0) is 36.1 Å². The number of aromatic nitrogens is 2. The first kappa shape index (κ1) is 21.3. The first-order valence-electron chi connectivity index (χ1n) is 9.57. The van der Waals surface area contributed by atoms with Crippen LogP contribution in [0.1, 0.15) is 46.8 Å². The Balaban J connectivity index is 1.65. The summed E-state index contributed by atoms with van der Waals surface area (Å²) in [5, 5.41) is 3.59. The van der Waals surface area contributed by atoms with E-state index in [1.54, 1.807) is 6.20 Å². The average Bonchev–Trinajstić information content (AvgIpc) is 3.35. The summed E-state index contributed by atoms with van der Waals surface area (Å²) in [7, 11) is 0. The van der Waals surface area contributed by atoms with Crippen molar-refractivity contribution in [2.75, 3.05) is 12.3 Å². The molecule has 0 saturated heterocycles. The lowest BCUT2D eigenvalue weighted by atomic mass is 10.0. The van der Waals surface area contributed by atoms with E-state index >= 15 is 0 Å². The third-order valence-corrected chi connectivity index (χ3v) is 6.59. The Morgan fingerprint density at radius 3 is 2.76 bits per heavy atom. The summed E-state index contributed by atoms with van der Waals surface area (Å²) in [6.07, 6.45) is 4.45. The van der Waals surface area contributed by atoms with Gasteiger partial charge in [0.15, 0.2) is 10.9 Å². The maximum absolute atomic E-state index is 12.6. The SMILES string of the molecule is CC(=O)NCCc1ccc(C(=O)CSc2nccn2-c2ccccc2C(C)C)s1. The second-order valence-corrected chi connectivity index (χ2v) is 9.11. The van der Waals surface area contributed by atoms with Crippen LogP contribution in [-0.4, -0.2) is 33.5 Å². The van der Waals surface area contributed by atoms with Gasteiger partial charge in [0.05, 0.1) is 16.3 Å². The van der Waals surface area contributed by atoms with Crippen LogP contribution in [0.2, 0.25) is 0 Å². The zero-order chi connectivity index (χ0) is 20.8. The molecule has 7 heteroatoms. The van der Waals surface area contributed by atoms with Crippen molar-refractivity contribution in [3.8, 4) is 5.69 Å². The smallest absolute Gasteiger partial charge is 0.216 e. The molecule has 152 valence electrons. The van der Waals surface area contributed by atoms with Crippen LogP contribution in [0.15, 0.2) is 53.9 Å². The number of nitrogens with one attached hydrogen (secondary N) is 1. The molecule has 0 saturated carbocycles. The number of amides is 1. The number of thioether (sulfide) groups is 1. The van der Waals surface area contributed by atoms with Crippen LogP contribution in [0.5, 0.6) is 0 Å². The normalized spacial score (nSPS) is 11.0. The number of nitrogens with zero attached hydrogens (tertiary/aromatic N) is 2. The van der Waals surface area contributed by atoms with Gasteiger partial charge < -0.3 is 5.32 Å². The highest BCUT2D eigenvalue weighted by atomic mass is 32.2. The molecule has 0 spiro atoms. The monoisotopic (exact) mass is 427 g/mol. The molecule has 2 aromatic heterocycles. The van der Waals surface area contributed by atoms with Gasteiger partial charge in [0.2, 0.25) is 5.91 Å².